The lowest BCUT2D eigenvalue weighted by molar-refractivity contribution is 0.123. The van der Waals surface area contributed by atoms with E-state index in [0.29, 0.717) is 25.9 Å². The van der Waals surface area contributed by atoms with Crippen LogP contribution in [0.2, 0.25) is 0 Å². The van der Waals surface area contributed by atoms with Crippen molar-refractivity contribution in [3.8, 4) is 0 Å². The molecule has 1 saturated heterocycles. The van der Waals surface area contributed by atoms with Crippen LogP contribution < -0.4 is 0 Å². The van der Waals surface area contributed by atoms with E-state index in [1.807, 2.05) is 0 Å². The fourth-order valence-electron chi connectivity index (χ4n) is 0.535. The third kappa shape index (κ3) is 3.35. The van der Waals surface area contributed by atoms with Crippen molar-refractivity contribution in [2.75, 3.05) is 26.4 Å². The molecule has 1 heterocycles. The lowest BCUT2D eigenvalue weighted by atomic mass is 10.5. The van der Waals surface area contributed by atoms with Crippen molar-refractivity contribution in [2.24, 2.45) is 4.99 Å². The van der Waals surface area contributed by atoms with Gasteiger partial charge in [-0.2, -0.15) is 0 Å². The first-order valence-corrected chi connectivity index (χ1v) is 3.16. The van der Waals surface area contributed by atoms with Crippen molar-refractivity contribution in [3.05, 3.63) is 0 Å². The number of hydrogen-bond acceptors (Lipinski definition) is 4. The van der Waals surface area contributed by atoms with Crippen molar-refractivity contribution in [1.29, 1.82) is 0 Å². The van der Waals surface area contributed by atoms with E-state index in [1.165, 1.54) is 6.08 Å². The first-order chi connectivity index (χ1) is 4.93. The Morgan fingerprint density at radius 1 is 1.80 bits per heavy atom. The number of isocyanates is 1. The van der Waals surface area contributed by atoms with Crippen LogP contribution in [0, 0.1) is 0 Å². The highest BCUT2D eigenvalue weighted by Crippen LogP contribution is 2.07. The second-order valence-electron chi connectivity index (χ2n) is 2.00. The maximum absolute atomic E-state index is 9.54. The summed E-state index contributed by atoms with van der Waals surface area (Å²) in [6.07, 6.45) is 1.73. The molecule has 1 aliphatic rings. The smallest absolute Gasteiger partial charge is 0.235 e. The highest BCUT2D eigenvalue weighted by Gasteiger charge is 2.21. The largest absolute Gasteiger partial charge is 0.377 e. The fourth-order valence-corrected chi connectivity index (χ4v) is 0.535. The van der Waals surface area contributed by atoms with E-state index in [9.17, 15) is 4.79 Å². The van der Waals surface area contributed by atoms with Crippen molar-refractivity contribution in [3.63, 3.8) is 0 Å². The molecule has 1 fully saturated rings. The zero-order valence-electron chi connectivity index (χ0n) is 5.58. The molecule has 0 amide bonds. The van der Waals surface area contributed by atoms with Gasteiger partial charge in [-0.1, -0.05) is 0 Å². The Hall–Kier alpha value is -0.700. The summed E-state index contributed by atoms with van der Waals surface area (Å²) in [5.74, 6) is 0. The first kappa shape index (κ1) is 7.41. The molecular formula is C6H9NO3. The molecule has 0 N–H and O–H groups in total. The van der Waals surface area contributed by atoms with Gasteiger partial charge < -0.3 is 9.47 Å². The predicted octanol–water partition coefficient (Wildman–Crippen LogP) is -0.262. The van der Waals surface area contributed by atoms with Crippen LogP contribution in [-0.4, -0.2) is 38.5 Å². The van der Waals surface area contributed by atoms with E-state index in [-0.39, 0.29) is 0 Å². The summed E-state index contributed by atoms with van der Waals surface area (Å²) in [5.41, 5.74) is 0. The minimum Gasteiger partial charge on any atom is -0.377 e. The van der Waals surface area contributed by atoms with Crippen molar-refractivity contribution < 1.29 is 14.3 Å². The minimum absolute atomic E-state index is 0.292. The lowest BCUT2D eigenvalue weighted by Crippen LogP contribution is -2.04. The van der Waals surface area contributed by atoms with Crippen LogP contribution >= 0.6 is 0 Å². The molecule has 0 aromatic rings. The lowest BCUT2D eigenvalue weighted by Gasteiger charge is -1.95. The predicted molar refractivity (Wildman–Crippen MR) is 33.5 cm³/mol. The highest BCUT2D eigenvalue weighted by atomic mass is 16.6. The average molecular weight is 143 g/mol. The van der Waals surface area contributed by atoms with E-state index in [0.717, 1.165) is 6.61 Å². The zero-order chi connectivity index (χ0) is 7.23. The molecule has 10 heavy (non-hydrogen) atoms. The van der Waals surface area contributed by atoms with E-state index >= 15 is 0 Å². The average Bonchev–Trinajstić information content (AvgIpc) is 2.71. The standard InChI is InChI=1S/C6H9NO3/c8-5-7-1-2-9-3-6-4-10-6/h6H,1-4H2. The fraction of sp³-hybridized carbons (Fsp3) is 0.833. The van der Waals surface area contributed by atoms with Gasteiger partial charge in [0.2, 0.25) is 6.08 Å². The van der Waals surface area contributed by atoms with Crippen LogP contribution in [0.25, 0.3) is 0 Å². The summed E-state index contributed by atoms with van der Waals surface area (Å²) < 4.78 is 9.94. The Morgan fingerprint density at radius 2 is 2.60 bits per heavy atom. The topological polar surface area (TPSA) is 51.2 Å². The summed E-state index contributed by atoms with van der Waals surface area (Å²) in [4.78, 5) is 12.9. The zero-order valence-corrected chi connectivity index (χ0v) is 5.58. The summed E-state index contributed by atoms with van der Waals surface area (Å²) >= 11 is 0. The Labute approximate surface area is 58.8 Å². The molecule has 4 nitrogen and oxygen atoms in total. The van der Waals surface area contributed by atoms with Crippen LogP contribution in [0.15, 0.2) is 4.99 Å². The van der Waals surface area contributed by atoms with Crippen LogP contribution in [0.1, 0.15) is 0 Å². The molecule has 0 radical (unpaired) electrons. The maximum Gasteiger partial charge on any atom is 0.235 e. The summed E-state index contributed by atoms with van der Waals surface area (Å²) in [6.45, 7) is 2.30. The van der Waals surface area contributed by atoms with Gasteiger partial charge in [0, 0.05) is 0 Å². The van der Waals surface area contributed by atoms with Gasteiger partial charge >= 0.3 is 0 Å². The molecule has 1 unspecified atom stereocenters. The van der Waals surface area contributed by atoms with Crippen molar-refractivity contribution in [2.45, 2.75) is 6.10 Å². The molecule has 1 aliphatic heterocycles. The molecule has 0 aromatic heterocycles. The van der Waals surface area contributed by atoms with Crippen molar-refractivity contribution in [1.82, 2.24) is 0 Å². The second kappa shape index (κ2) is 4.17. The normalized spacial score (nSPS) is 21.8. The van der Waals surface area contributed by atoms with Gasteiger partial charge in [0.25, 0.3) is 0 Å². The number of carbonyl (C=O) groups excluding carboxylic acids is 1. The molecular weight excluding hydrogens is 134 g/mol. The number of aliphatic imine (C=N–C) groups is 1. The maximum atomic E-state index is 9.54. The molecule has 0 aliphatic carbocycles. The number of nitrogens with zero attached hydrogens (tertiary/aromatic N) is 1. The SMILES string of the molecule is O=C=NCCOCC1CO1. The third-order valence-corrected chi connectivity index (χ3v) is 1.12. The van der Waals surface area contributed by atoms with Gasteiger partial charge in [0.15, 0.2) is 0 Å². The summed E-state index contributed by atoms with van der Waals surface area (Å²) in [5, 5.41) is 0. The monoisotopic (exact) mass is 143 g/mol. The van der Waals surface area contributed by atoms with Crippen LogP contribution in [0.5, 0.6) is 0 Å². The van der Waals surface area contributed by atoms with Crippen LogP contribution in [0.4, 0.5) is 0 Å². The second-order valence-corrected chi connectivity index (χ2v) is 2.00. The molecule has 0 saturated carbocycles. The molecule has 56 valence electrons. The Kier molecular flexibility index (Phi) is 3.09. The number of hydrogen-bond donors (Lipinski definition) is 0. The van der Waals surface area contributed by atoms with Gasteiger partial charge in [-0.25, -0.2) is 9.79 Å². The van der Waals surface area contributed by atoms with E-state index in [1.54, 1.807) is 0 Å². The van der Waals surface area contributed by atoms with Gasteiger partial charge in [-0.3, -0.25) is 0 Å². The van der Waals surface area contributed by atoms with Gasteiger partial charge in [0.05, 0.1) is 26.4 Å². The first-order valence-electron chi connectivity index (χ1n) is 3.16. The summed E-state index contributed by atoms with van der Waals surface area (Å²) in [7, 11) is 0. The highest BCUT2D eigenvalue weighted by molar-refractivity contribution is 5.32. The molecule has 1 rings (SSSR count). The molecule has 0 spiro atoms. The van der Waals surface area contributed by atoms with E-state index < -0.39 is 0 Å². The molecule has 1 atom stereocenters. The quantitative estimate of drug-likeness (QED) is 0.230. The molecule has 0 aromatic carbocycles. The van der Waals surface area contributed by atoms with Gasteiger partial charge in [0.1, 0.15) is 6.10 Å². The molecule has 0 bridgehead atoms. The minimum atomic E-state index is 0.292. The third-order valence-electron chi connectivity index (χ3n) is 1.12. The Bertz CT molecular complexity index is 138. The Morgan fingerprint density at radius 3 is 3.20 bits per heavy atom. The summed E-state index contributed by atoms with van der Waals surface area (Å²) in [6, 6.07) is 0. The van der Waals surface area contributed by atoms with Crippen LogP contribution in [-0.2, 0) is 14.3 Å². The molecule has 4 heteroatoms. The number of ether oxygens (including phenoxy) is 2. The van der Waals surface area contributed by atoms with E-state index in [2.05, 4.69) is 4.99 Å². The number of epoxide rings is 1. The number of rotatable bonds is 5. The van der Waals surface area contributed by atoms with Crippen LogP contribution in [0.3, 0.4) is 0 Å². The van der Waals surface area contributed by atoms with Gasteiger partial charge in [-0.15, -0.1) is 0 Å². The van der Waals surface area contributed by atoms with E-state index in [4.69, 9.17) is 9.47 Å². The van der Waals surface area contributed by atoms with Crippen molar-refractivity contribution >= 4 is 6.08 Å². The van der Waals surface area contributed by atoms with Gasteiger partial charge in [-0.05, 0) is 0 Å². The Balaban J connectivity index is 1.80.